The fraction of sp³-hybridized carbons (Fsp3) is 0.500. The van der Waals surface area contributed by atoms with E-state index in [2.05, 4.69) is 4.98 Å². The molecule has 1 saturated carbocycles. The number of hydrogen-bond acceptors (Lipinski definition) is 2. The third kappa shape index (κ3) is 2.20. The lowest BCUT2D eigenvalue weighted by Crippen LogP contribution is -2.25. The molecule has 1 fully saturated rings. The van der Waals surface area contributed by atoms with E-state index in [9.17, 15) is 0 Å². The van der Waals surface area contributed by atoms with Crippen LogP contribution in [0.1, 0.15) is 18.5 Å². The fourth-order valence-electron chi connectivity index (χ4n) is 1.48. The Morgan fingerprint density at radius 2 is 2.38 bits per heavy atom. The van der Waals surface area contributed by atoms with Crippen LogP contribution in [0.3, 0.4) is 0 Å². The summed E-state index contributed by atoms with van der Waals surface area (Å²) in [5.41, 5.74) is 6.92. The summed E-state index contributed by atoms with van der Waals surface area (Å²) in [6, 6.07) is 3.95. The quantitative estimate of drug-likeness (QED) is 0.804. The molecule has 0 bridgehead atoms. The number of nitrogens with two attached hydrogens (primary N) is 1. The van der Waals surface area contributed by atoms with Crippen LogP contribution >= 0.6 is 11.6 Å². The van der Waals surface area contributed by atoms with Crippen molar-refractivity contribution in [3.8, 4) is 0 Å². The fourth-order valence-corrected chi connectivity index (χ4v) is 1.68. The molecule has 13 heavy (non-hydrogen) atoms. The number of hydrogen-bond donors (Lipinski definition) is 1. The largest absolute Gasteiger partial charge is 0.327 e. The highest BCUT2D eigenvalue weighted by Gasteiger charge is 2.28. The molecule has 0 aliphatic heterocycles. The summed E-state index contributed by atoms with van der Waals surface area (Å²) in [5, 5.41) is 0.735. The number of rotatable bonds is 3. The van der Waals surface area contributed by atoms with E-state index in [0.29, 0.717) is 5.92 Å². The standard InChI is InChI=1S/C10H13ClN2/c11-8-2-1-5-13-10(8)6-9(12)7-3-4-7/h1-2,5,7,9H,3-4,6,12H2. The highest BCUT2D eigenvalue weighted by atomic mass is 35.5. The predicted octanol–water partition coefficient (Wildman–Crippen LogP) is 2.01. The average molecular weight is 197 g/mol. The topological polar surface area (TPSA) is 38.9 Å². The smallest absolute Gasteiger partial charge is 0.0622 e. The molecule has 70 valence electrons. The van der Waals surface area contributed by atoms with Crippen molar-refractivity contribution in [3.05, 3.63) is 29.0 Å². The van der Waals surface area contributed by atoms with Crippen LogP contribution in [0.2, 0.25) is 5.02 Å². The van der Waals surface area contributed by atoms with Gasteiger partial charge in [0.2, 0.25) is 0 Å². The summed E-state index contributed by atoms with van der Waals surface area (Å²) in [6.45, 7) is 0. The molecule has 0 radical (unpaired) electrons. The number of nitrogens with zero attached hydrogens (tertiary/aromatic N) is 1. The van der Waals surface area contributed by atoms with Crippen LogP contribution < -0.4 is 5.73 Å². The van der Waals surface area contributed by atoms with Gasteiger partial charge in [0, 0.05) is 18.7 Å². The van der Waals surface area contributed by atoms with E-state index < -0.39 is 0 Å². The molecule has 2 N–H and O–H groups in total. The zero-order valence-corrected chi connectivity index (χ0v) is 8.17. The molecule has 2 rings (SSSR count). The first-order valence-corrected chi connectivity index (χ1v) is 5.00. The van der Waals surface area contributed by atoms with Crippen molar-refractivity contribution >= 4 is 11.6 Å². The zero-order chi connectivity index (χ0) is 9.26. The Kier molecular flexibility index (Phi) is 2.51. The van der Waals surface area contributed by atoms with E-state index in [1.807, 2.05) is 12.1 Å². The van der Waals surface area contributed by atoms with Crippen molar-refractivity contribution in [2.45, 2.75) is 25.3 Å². The zero-order valence-electron chi connectivity index (χ0n) is 7.41. The summed E-state index contributed by atoms with van der Waals surface area (Å²) in [4.78, 5) is 4.22. The highest BCUT2D eigenvalue weighted by molar-refractivity contribution is 6.31. The van der Waals surface area contributed by atoms with Crippen molar-refractivity contribution in [2.24, 2.45) is 11.7 Å². The van der Waals surface area contributed by atoms with Gasteiger partial charge in [-0.3, -0.25) is 4.98 Å². The maximum absolute atomic E-state index is 5.98. The maximum atomic E-state index is 5.98. The predicted molar refractivity (Wildman–Crippen MR) is 53.7 cm³/mol. The lowest BCUT2D eigenvalue weighted by Gasteiger charge is -2.09. The Hall–Kier alpha value is -0.600. The van der Waals surface area contributed by atoms with Gasteiger partial charge in [-0.2, -0.15) is 0 Å². The van der Waals surface area contributed by atoms with Crippen LogP contribution in [0.4, 0.5) is 0 Å². The Morgan fingerprint density at radius 3 is 3.00 bits per heavy atom. The van der Waals surface area contributed by atoms with Gasteiger partial charge < -0.3 is 5.73 Å². The van der Waals surface area contributed by atoms with Crippen molar-refractivity contribution in [1.82, 2.24) is 4.98 Å². The molecule has 1 heterocycles. The van der Waals surface area contributed by atoms with E-state index in [-0.39, 0.29) is 6.04 Å². The number of pyridine rings is 1. The van der Waals surface area contributed by atoms with E-state index in [0.717, 1.165) is 17.1 Å². The minimum absolute atomic E-state index is 0.243. The second-order valence-corrected chi connectivity index (χ2v) is 4.04. The number of aromatic nitrogens is 1. The molecule has 1 aliphatic carbocycles. The van der Waals surface area contributed by atoms with Crippen LogP contribution in [-0.4, -0.2) is 11.0 Å². The van der Waals surface area contributed by atoms with Gasteiger partial charge in [-0.15, -0.1) is 0 Å². The van der Waals surface area contributed by atoms with Gasteiger partial charge in [0.25, 0.3) is 0 Å². The Balaban J connectivity index is 2.03. The first-order chi connectivity index (χ1) is 6.27. The van der Waals surface area contributed by atoms with Gasteiger partial charge in [-0.25, -0.2) is 0 Å². The van der Waals surface area contributed by atoms with E-state index in [1.165, 1.54) is 12.8 Å². The summed E-state index contributed by atoms with van der Waals surface area (Å²) in [6.07, 6.45) is 5.11. The van der Waals surface area contributed by atoms with Crippen molar-refractivity contribution in [3.63, 3.8) is 0 Å². The minimum atomic E-state index is 0.243. The average Bonchev–Trinajstić information content (AvgIpc) is 2.91. The first kappa shape index (κ1) is 8.97. The molecule has 1 aromatic rings. The third-order valence-corrected chi connectivity index (χ3v) is 2.84. The minimum Gasteiger partial charge on any atom is -0.327 e. The molecular formula is C10H13ClN2. The molecule has 1 aromatic heterocycles. The van der Waals surface area contributed by atoms with Gasteiger partial charge in [0.1, 0.15) is 0 Å². The van der Waals surface area contributed by atoms with E-state index in [1.54, 1.807) is 6.20 Å². The van der Waals surface area contributed by atoms with Crippen molar-refractivity contribution in [1.29, 1.82) is 0 Å². The summed E-state index contributed by atoms with van der Waals surface area (Å²) >= 11 is 5.98. The van der Waals surface area contributed by atoms with Gasteiger partial charge in [-0.1, -0.05) is 11.6 Å². The van der Waals surface area contributed by atoms with Crippen LogP contribution in [0, 0.1) is 5.92 Å². The normalized spacial score (nSPS) is 18.6. The summed E-state index contributed by atoms with van der Waals surface area (Å²) in [5.74, 6) is 0.707. The summed E-state index contributed by atoms with van der Waals surface area (Å²) < 4.78 is 0. The van der Waals surface area contributed by atoms with E-state index >= 15 is 0 Å². The first-order valence-electron chi connectivity index (χ1n) is 4.62. The SMILES string of the molecule is NC(Cc1ncccc1Cl)C1CC1. The molecule has 0 spiro atoms. The molecule has 0 aromatic carbocycles. The molecule has 0 saturated heterocycles. The third-order valence-electron chi connectivity index (χ3n) is 2.49. The van der Waals surface area contributed by atoms with Gasteiger partial charge >= 0.3 is 0 Å². The van der Waals surface area contributed by atoms with Crippen LogP contribution in [0.25, 0.3) is 0 Å². The van der Waals surface area contributed by atoms with Crippen LogP contribution in [-0.2, 0) is 6.42 Å². The lowest BCUT2D eigenvalue weighted by atomic mass is 10.1. The van der Waals surface area contributed by atoms with Gasteiger partial charge in [0.05, 0.1) is 10.7 Å². The second-order valence-electron chi connectivity index (χ2n) is 3.64. The number of halogens is 1. The van der Waals surface area contributed by atoms with Crippen molar-refractivity contribution in [2.75, 3.05) is 0 Å². The van der Waals surface area contributed by atoms with Crippen LogP contribution in [0.15, 0.2) is 18.3 Å². The second kappa shape index (κ2) is 3.64. The molecular weight excluding hydrogens is 184 g/mol. The van der Waals surface area contributed by atoms with Crippen molar-refractivity contribution < 1.29 is 0 Å². The van der Waals surface area contributed by atoms with Gasteiger partial charge in [0.15, 0.2) is 0 Å². The van der Waals surface area contributed by atoms with Crippen LogP contribution in [0.5, 0.6) is 0 Å². The Morgan fingerprint density at radius 1 is 1.62 bits per heavy atom. The highest BCUT2D eigenvalue weighted by Crippen LogP contribution is 2.33. The molecule has 0 amide bonds. The molecule has 1 aliphatic rings. The molecule has 3 heteroatoms. The van der Waals surface area contributed by atoms with Gasteiger partial charge in [-0.05, 0) is 30.9 Å². The molecule has 1 atom stereocenters. The van der Waals surface area contributed by atoms with E-state index in [4.69, 9.17) is 17.3 Å². The Labute approximate surface area is 83.1 Å². The summed E-state index contributed by atoms with van der Waals surface area (Å²) in [7, 11) is 0. The molecule has 1 unspecified atom stereocenters. The molecule has 2 nitrogen and oxygen atoms in total. The monoisotopic (exact) mass is 196 g/mol. The Bertz CT molecular complexity index is 297. The maximum Gasteiger partial charge on any atom is 0.0622 e. The lowest BCUT2D eigenvalue weighted by molar-refractivity contribution is 0.584.